The molecule has 136 valence electrons. The van der Waals surface area contributed by atoms with Crippen LogP contribution in [0.25, 0.3) is 0 Å². The fourth-order valence-electron chi connectivity index (χ4n) is 3.46. The van der Waals surface area contributed by atoms with Crippen LogP contribution in [-0.2, 0) is 6.54 Å². The van der Waals surface area contributed by atoms with Gasteiger partial charge in [0.1, 0.15) is 5.82 Å². The number of urea groups is 1. The van der Waals surface area contributed by atoms with Gasteiger partial charge in [0.15, 0.2) is 11.5 Å². The molecule has 2 aromatic rings. The Balaban J connectivity index is 1.37. The van der Waals surface area contributed by atoms with Gasteiger partial charge in [0.25, 0.3) is 5.79 Å². The number of ether oxygens (including phenoxy) is 2. The highest BCUT2D eigenvalue weighted by Gasteiger charge is 2.42. The smallest absolute Gasteiger partial charge is 0.319 e. The van der Waals surface area contributed by atoms with Crippen LogP contribution < -0.4 is 20.1 Å². The minimum Gasteiger partial charge on any atom is -0.448 e. The van der Waals surface area contributed by atoms with Gasteiger partial charge in [-0.2, -0.15) is 0 Å². The maximum atomic E-state index is 13.6. The predicted octanol–water partition coefficient (Wildman–Crippen LogP) is 4.58. The minimum atomic E-state index is -0.535. The summed E-state index contributed by atoms with van der Waals surface area (Å²) in [6.45, 7) is 0.117. The zero-order chi connectivity index (χ0) is 18.0. The molecule has 26 heavy (non-hydrogen) atoms. The van der Waals surface area contributed by atoms with E-state index in [1.165, 1.54) is 12.5 Å². The monoisotopic (exact) mass is 356 g/mol. The number of amides is 2. The third-order valence-electron chi connectivity index (χ3n) is 4.81. The molecule has 1 fully saturated rings. The summed E-state index contributed by atoms with van der Waals surface area (Å²) in [6.07, 6.45) is 5.16. The molecule has 0 radical (unpaired) electrons. The summed E-state index contributed by atoms with van der Waals surface area (Å²) in [4.78, 5) is 12.1. The first-order valence-corrected chi connectivity index (χ1v) is 8.94. The molecule has 1 aliphatic heterocycles. The van der Waals surface area contributed by atoms with Crippen molar-refractivity contribution in [3.05, 3.63) is 53.8 Å². The Morgan fingerprint density at radius 3 is 2.62 bits per heavy atom. The SMILES string of the molecule is O=C(NCc1ccccc1F)Nc1ccc2c(c1)OC1(CCCCC1)O2. The van der Waals surface area contributed by atoms with Gasteiger partial charge in [0.05, 0.1) is 0 Å². The second-order valence-electron chi connectivity index (χ2n) is 6.74. The Hall–Kier alpha value is -2.76. The second-order valence-corrected chi connectivity index (χ2v) is 6.74. The number of hydrogen-bond acceptors (Lipinski definition) is 3. The summed E-state index contributed by atoms with van der Waals surface area (Å²) in [7, 11) is 0. The normalized spacial score (nSPS) is 17.1. The van der Waals surface area contributed by atoms with E-state index in [4.69, 9.17) is 9.47 Å². The fourth-order valence-corrected chi connectivity index (χ4v) is 3.46. The standard InChI is InChI=1S/C20H21FN2O3/c21-16-7-3-2-6-14(16)13-22-19(24)23-15-8-9-17-18(12-15)26-20(25-17)10-4-1-5-11-20/h2-3,6-9,12H,1,4-5,10-11,13H2,(H2,22,23,24). The average molecular weight is 356 g/mol. The molecule has 2 aromatic carbocycles. The summed E-state index contributed by atoms with van der Waals surface area (Å²) >= 11 is 0. The van der Waals surface area contributed by atoms with Crippen LogP contribution in [0.4, 0.5) is 14.9 Å². The highest BCUT2D eigenvalue weighted by Crippen LogP contribution is 2.46. The Bertz CT molecular complexity index is 818. The molecule has 0 bridgehead atoms. The molecule has 1 saturated carbocycles. The summed E-state index contributed by atoms with van der Waals surface area (Å²) in [5.41, 5.74) is 1.04. The quantitative estimate of drug-likeness (QED) is 0.846. The number of fused-ring (bicyclic) bond motifs is 1. The van der Waals surface area contributed by atoms with Crippen LogP contribution in [0.5, 0.6) is 11.5 Å². The summed E-state index contributed by atoms with van der Waals surface area (Å²) in [5.74, 6) is 0.489. The number of benzene rings is 2. The summed E-state index contributed by atoms with van der Waals surface area (Å²) in [5, 5.41) is 5.40. The van der Waals surface area contributed by atoms with Crippen LogP contribution in [0.2, 0.25) is 0 Å². The van der Waals surface area contributed by atoms with Crippen molar-refractivity contribution in [1.82, 2.24) is 5.32 Å². The lowest BCUT2D eigenvalue weighted by Gasteiger charge is -2.31. The van der Waals surface area contributed by atoms with E-state index in [0.29, 0.717) is 22.7 Å². The third-order valence-corrected chi connectivity index (χ3v) is 4.81. The maximum absolute atomic E-state index is 13.6. The minimum absolute atomic E-state index is 0.117. The van der Waals surface area contributed by atoms with Crippen molar-refractivity contribution < 1.29 is 18.7 Å². The molecule has 0 unspecified atom stereocenters. The van der Waals surface area contributed by atoms with E-state index < -0.39 is 11.8 Å². The highest BCUT2D eigenvalue weighted by molar-refractivity contribution is 5.89. The molecule has 1 aliphatic carbocycles. The first-order chi connectivity index (χ1) is 12.6. The predicted molar refractivity (Wildman–Crippen MR) is 95.8 cm³/mol. The van der Waals surface area contributed by atoms with Gasteiger partial charge < -0.3 is 20.1 Å². The number of anilines is 1. The number of carbonyl (C=O) groups is 1. The molecular formula is C20H21FN2O3. The van der Waals surface area contributed by atoms with Crippen LogP contribution in [0.3, 0.4) is 0 Å². The number of hydrogen-bond donors (Lipinski definition) is 2. The van der Waals surface area contributed by atoms with E-state index in [-0.39, 0.29) is 12.4 Å². The first kappa shape index (κ1) is 16.7. The maximum Gasteiger partial charge on any atom is 0.319 e. The second kappa shape index (κ2) is 6.86. The van der Waals surface area contributed by atoms with Gasteiger partial charge >= 0.3 is 6.03 Å². The van der Waals surface area contributed by atoms with Crippen molar-refractivity contribution in [2.75, 3.05) is 5.32 Å². The summed E-state index contributed by atoms with van der Waals surface area (Å²) in [6, 6.07) is 11.3. The molecule has 4 rings (SSSR count). The van der Waals surface area contributed by atoms with Gasteiger partial charge in [-0.25, -0.2) is 9.18 Å². The molecular weight excluding hydrogens is 335 g/mol. The van der Waals surface area contributed by atoms with Crippen molar-refractivity contribution >= 4 is 11.7 Å². The Morgan fingerprint density at radius 2 is 1.81 bits per heavy atom. The van der Waals surface area contributed by atoms with E-state index in [1.54, 1.807) is 30.3 Å². The zero-order valence-electron chi connectivity index (χ0n) is 14.4. The van der Waals surface area contributed by atoms with Crippen LogP contribution in [-0.4, -0.2) is 11.8 Å². The Morgan fingerprint density at radius 1 is 1.04 bits per heavy atom. The Kier molecular flexibility index (Phi) is 4.41. The lowest BCUT2D eigenvalue weighted by molar-refractivity contribution is -0.105. The fraction of sp³-hybridized carbons (Fsp3) is 0.350. The van der Waals surface area contributed by atoms with Crippen LogP contribution >= 0.6 is 0 Å². The van der Waals surface area contributed by atoms with Gasteiger partial charge in [-0.1, -0.05) is 24.6 Å². The zero-order valence-corrected chi connectivity index (χ0v) is 14.4. The van der Waals surface area contributed by atoms with Gasteiger partial charge in [-0.3, -0.25) is 0 Å². The average Bonchev–Trinajstić information content (AvgIpc) is 2.98. The highest BCUT2D eigenvalue weighted by atomic mass is 19.1. The lowest BCUT2D eigenvalue weighted by Crippen LogP contribution is -2.40. The van der Waals surface area contributed by atoms with Crippen molar-refractivity contribution in [3.8, 4) is 11.5 Å². The van der Waals surface area contributed by atoms with Gasteiger partial charge in [-0.15, -0.1) is 0 Å². The van der Waals surface area contributed by atoms with Crippen molar-refractivity contribution in [2.24, 2.45) is 0 Å². The molecule has 0 saturated heterocycles. The molecule has 1 spiro atoms. The van der Waals surface area contributed by atoms with Crippen LogP contribution in [0, 0.1) is 5.82 Å². The van der Waals surface area contributed by atoms with E-state index >= 15 is 0 Å². The molecule has 5 nitrogen and oxygen atoms in total. The Labute approximate surface area is 151 Å². The van der Waals surface area contributed by atoms with Crippen molar-refractivity contribution in [2.45, 2.75) is 44.4 Å². The van der Waals surface area contributed by atoms with Gasteiger partial charge in [0.2, 0.25) is 0 Å². The topological polar surface area (TPSA) is 59.6 Å². The van der Waals surface area contributed by atoms with Gasteiger partial charge in [0, 0.05) is 36.7 Å². The van der Waals surface area contributed by atoms with E-state index in [0.717, 1.165) is 25.7 Å². The van der Waals surface area contributed by atoms with Crippen LogP contribution in [0.15, 0.2) is 42.5 Å². The lowest BCUT2D eigenvalue weighted by atomic mass is 9.94. The molecule has 2 aliphatic rings. The molecule has 6 heteroatoms. The van der Waals surface area contributed by atoms with E-state index in [2.05, 4.69) is 10.6 Å². The number of halogens is 1. The number of carbonyl (C=O) groups excluding carboxylic acids is 1. The summed E-state index contributed by atoms with van der Waals surface area (Å²) < 4.78 is 25.7. The van der Waals surface area contributed by atoms with E-state index in [1.807, 2.05) is 6.07 Å². The molecule has 2 amide bonds. The van der Waals surface area contributed by atoms with Crippen molar-refractivity contribution in [1.29, 1.82) is 0 Å². The van der Waals surface area contributed by atoms with Crippen molar-refractivity contribution in [3.63, 3.8) is 0 Å². The third kappa shape index (κ3) is 3.45. The number of rotatable bonds is 3. The molecule has 0 aromatic heterocycles. The van der Waals surface area contributed by atoms with Gasteiger partial charge in [-0.05, 0) is 31.0 Å². The molecule has 1 heterocycles. The first-order valence-electron chi connectivity index (χ1n) is 8.94. The molecule has 0 atom stereocenters. The van der Waals surface area contributed by atoms with E-state index in [9.17, 15) is 9.18 Å². The largest absolute Gasteiger partial charge is 0.448 e. The number of nitrogens with one attached hydrogen (secondary N) is 2. The van der Waals surface area contributed by atoms with Crippen LogP contribution in [0.1, 0.15) is 37.7 Å². The molecule has 2 N–H and O–H groups in total.